The average molecular weight is 286 g/mol. The normalized spacial score (nSPS) is 13.3. The van der Waals surface area contributed by atoms with E-state index in [4.69, 9.17) is 20.5 Å². The molecule has 2 unspecified atom stereocenters. The van der Waals surface area contributed by atoms with Gasteiger partial charge in [0.2, 0.25) is 0 Å². The number of hydrogen-bond acceptors (Lipinski definition) is 5. The fourth-order valence-corrected chi connectivity index (χ4v) is 2.03. The van der Waals surface area contributed by atoms with Gasteiger partial charge in [-0.3, -0.25) is 4.68 Å². The Labute approximate surface area is 123 Å². The monoisotopic (exact) mass is 286 g/mol. The molecule has 0 saturated carbocycles. The minimum Gasteiger partial charge on any atom is -0.497 e. The van der Waals surface area contributed by atoms with E-state index in [2.05, 4.69) is 11.2 Å². The minimum absolute atomic E-state index is 0.231. The molecule has 0 aliphatic carbocycles. The van der Waals surface area contributed by atoms with Gasteiger partial charge in [0.05, 0.1) is 24.9 Å². The Hall–Kier alpha value is -2.52. The van der Waals surface area contributed by atoms with Gasteiger partial charge in [-0.1, -0.05) is 0 Å². The van der Waals surface area contributed by atoms with Crippen LogP contribution in [-0.2, 0) is 7.05 Å². The van der Waals surface area contributed by atoms with E-state index in [1.54, 1.807) is 36.2 Å². The summed E-state index contributed by atoms with van der Waals surface area (Å²) in [6, 6.07) is 6.89. The first-order valence-corrected chi connectivity index (χ1v) is 6.53. The van der Waals surface area contributed by atoms with E-state index in [1.807, 2.05) is 20.2 Å². The van der Waals surface area contributed by atoms with Gasteiger partial charge >= 0.3 is 0 Å². The molecule has 1 aromatic carbocycles. The number of nitrogens with two attached hydrogens (primary N) is 1. The van der Waals surface area contributed by atoms with Gasteiger partial charge in [-0.2, -0.15) is 10.4 Å². The Bertz CT molecular complexity index is 658. The molecule has 2 atom stereocenters. The molecule has 0 radical (unpaired) electrons. The summed E-state index contributed by atoms with van der Waals surface area (Å²) in [7, 11) is 3.38. The predicted molar refractivity (Wildman–Crippen MR) is 77.9 cm³/mol. The summed E-state index contributed by atoms with van der Waals surface area (Å²) in [5, 5.41) is 13.2. The van der Waals surface area contributed by atoms with Gasteiger partial charge in [0.1, 0.15) is 17.6 Å². The van der Waals surface area contributed by atoms with Crippen LogP contribution in [0.1, 0.15) is 24.2 Å². The predicted octanol–water partition coefficient (Wildman–Crippen LogP) is 1.77. The van der Waals surface area contributed by atoms with Crippen molar-refractivity contribution in [3.05, 3.63) is 41.7 Å². The van der Waals surface area contributed by atoms with Crippen LogP contribution in [0.2, 0.25) is 0 Å². The highest BCUT2D eigenvalue weighted by atomic mass is 16.5. The lowest BCUT2D eigenvalue weighted by Gasteiger charge is -2.21. The SMILES string of the molecule is COc1cc(C#N)cc(OC(c2cnn(C)c2)C(C)N)c1. The number of aromatic nitrogens is 2. The van der Waals surface area contributed by atoms with Crippen LogP contribution in [0.3, 0.4) is 0 Å². The maximum absolute atomic E-state index is 9.05. The quantitative estimate of drug-likeness (QED) is 0.905. The van der Waals surface area contributed by atoms with Crippen LogP contribution in [-0.4, -0.2) is 22.9 Å². The molecule has 0 bridgehead atoms. The molecule has 0 spiro atoms. The summed E-state index contributed by atoms with van der Waals surface area (Å²) >= 11 is 0. The molecular weight excluding hydrogens is 268 g/mol. The van der Waals surface area contributed by atoms with E-state index in [0.29, 0.717) is 17.1 Å². The number of nitrogens with zero attached hydrogens (tertiary/aromatic N) is 3. The Morgan fingerprint density at radius 1 is 1.33 bits per heavy atom. The molecule has 0 saturated heterocycles. The second-order valence-corrected chi connectivity index (χ2v) is 4.85. The van der Waals surface area contributed by atoms with Gasteiger partial charge in [0, 0.05) is 30.9 Å². The van der Waals surface area contributed by atoms with Crippen molar-refractivity contribution in [2.75, 3.05) is 7.11 Å². The van der Waals surface area contributed by atoms with Gasteiger partial charge in [0.25, 0.3) is 0 Å². The van der Waals surface area contributed by atoms with Crippen molar-refractivity contribution in [2.24, 2.45) is 12.8 Å². The van der Waals surface area contributed by atoms with Crippen molar-refractivity contribution < 1.29 is 9.47 Å². The lowest BCUT2D eigenvalue weighted by atomic mass is 10.1. The van der Waals surface area contributed by atoms with E-state index >= 15 is 0 Å². The van der Waals surface area contributed by atoms with Gasteiger partial charge < -0.3 is 15.2 Å². The molecule has 0 fully saturated rings. The number of benzene rings is 1. The highest BCUT2D eigenvalue weighted by Crippen LogP contribution is 2.28. The van der Waals surface area contributed by atoms with Gasteiger partial charge in [-0.25, -0.2) is 0 Å². The fraction of sp³-hybridized carbons (Fsp3) is 0.333. The molecular formula is C15H18N4O2. The first kappa shape index (κ1) is 14.9. The molecule has 2 aromatic rings. The molecule has 2 rings (SSSR count). The van der Waals surface area contributed by atoms with Crippen LogP contribution in [0.4, 0.5) is 0 Å². The zero-order chi connectivity index (χ0) is 15.4. The summed E-state index contributed by atoms with van der Waals surface area (Å²) in [6.45, 7) is 1.86. The van der Waals surface area contributed by atoms with Crippen molar-refractivity contribution in [3.8, 4) is 17.6 Å². The maximum Gasteiger partial charge on any atom is 0.141 e. The van der Waals surface area contributed by atoms with Crippen LogP contribution >= 0.6 is 0 Å². The summed E-state index contributed by atoms with van der Waals surface area (Å²) < 4.78 is 12.8. The number of rotatable bonds is 5. The zero-order valence-electron chi connectivity index (χ0n) is 12.3. The lowest BCUT2D eigenvalue weighted by Crippen LogP contribution is -2.28. The molecule has 0 aliphatic heterocycles. The first-order chi connectivity index (χ1) is 10.0. The van der Waals surface area contributed by atoms with Crippen molar-refractivity contribution in [2.45, 2.75) is 19.1 Å². The van der Waals surface area contributed by atoms with Crippen LogP contribution in [0.25, 0.3) is 0 Å². The Morgan fingerprint density at radius 3 is 2.57 bits per heavy atom. The van der Waals surface area contributed by atoms with Crippen LogP contribution in [0.5, 0.6) is 11.5 Å². The lowest BCUT2D eigenvalue weighted by molar-refractivity contribution is 0.179. The number of hydrogen-bond donors (Lipinski definition) is 1. The molecule has 21 heavy (non-hydrogen) atoms. The smallest absolute Gasteiger partial charge is 0.141 e. The third-order valence-corrected chi connectivity index (χ3v) is 3.04. The standard InChI is InChI=1S/C15H18N4O2/c1-10(17)15(12-8-18-19(2)9-12)21-14-5-11(7-16)4-13(6-14)20-3/h4-6,8-10,15H,17H2,1-3H3. The maximum atomic E-state index is 9.05. The number of nitriles is 1. The molecule has 1 aromatic heterocycles. The zero-order valence-corrected chi connectivity index (χ0v) is 12.3. The molecule has 0 aliphatic rings. The Kier molecular flexibility index (Phi) is 4.45. The number of methoxy groups -OCH3 is 1. The number of ether oxygens (including phenoxy) is 2. The first-order valence-electron chi connectivity index (χ1n) is 6.53. The molecule has 6 heteroatoms. The molecule has 6 nitrogen and oxygen atoms in total. The highest BCUT2D eigenvalue weighted by molar-refractivity contribution is 5.44. The fourth-order valence-electron chi connectivity index (χ4n) is 2.03. The average Bonchev–Trinajstić information content (AvgIpc) is 2.90. The Morgan fingerprint density at radius 2 is 2.05 bits per heavy atom. The van der Waals surface area contributed by atoms with Gasteiger partial charge in [-0.15, -0.1) is 0 Å². The van der Waals surface area contributed by atoms with Crippen LogP contribution in [0, 0.1) is 11.3 Å². The van der Waals surface area contributed by atoms with E-state index in [0.717, 1.165) is 5.56 Å². The molecule has 110 valence electrons. The van der Waals surface area contributed by atoms with Crippen molar-refractivity contribution in [3.63, 3.8) is 0 Å². The van der Waals surface area contributed by atoms with Crippen molar-refractivity contribution in [1.82, 2.24) is 9.78 Å². The summed E-state index contributed by atoms with van der Waals surface area (Å²) in [4.78, 5) is 0. The van der Waals surface area contributed by atoms with Gasteiger partial charge in [-0.05, 0) is 19.1 Å². The molecule has 0 amide bonds. The second-order valence-electron chi connectivity index (χ2n) is 4.85. The topological polar surface area (TPSA) is 86.1 Å². The highest BCUT2D eigenvalue weighted by Gasteiger charge is 2.20. The van der Waals surface area contributed by atoms with Crippen LogP contribution in [0.15, 0.2) is 30.6 Å². The Balaban J connectivity index is 2.31. The summed E-state index contributed by atoms with van der Waals surface area (Å²) in [5.41, 5.74) is 7.36. The summed E-state index contributed by atoms with van der Waals surface area (Å²) in [5.74, 6) is 1.11. The van der Waals surface area contributed by atoms with E-state index in [-0.39, 0.29) is 12.1 Å². The van der Waals surface area contributed by atoms with E-state index in [1.165, 1.54) is 0 Å². The van der Waals surface area contributed by atoms with Crippen molar-refractivity contribution in [1.29, 1.82) is 5.26 Å². The third-order valence-electron chi connectivity index (χ3n) is 3.04. The third kappa shape index (κ3) is 3.52. The van der Waals surface area contributed by atoms with E-state index < -0.39 is 0 Å². The van der Waals surface area contributed by atoms with Gasteiger partial charge in [0.15, 0.2) is 0 Å². The van der Waals surface area contributed by atoms with Crippen LogP contribution < -0.4 is 15.2 Å². The van der Waals surface area contributed by atoms with E-state index in [9.17, 15) is 0 Å². The molecule has 1 heterocycles. The largest absolute Gasteiger partial charge is 0.497 e. The molecule has 2 N–H and O–H groups in total. The minimum atomic E-state index is -0.350. The number of aryl methyl sites for hydroxylation is 1. The van der Waals surface area contributed by atoms with Crippen molar-refractivity contribution >= 4 is 0 Å². The summed E-state index contributed by atoms with van der Waals surface area (Å²) in [6.07, 6.45) is 3.23. The second kappa shape index (κ2) is 6.29.